The molecule has 0 radical (unpaired) electrons. The van der Waals surface area contributed by atoms with Crippen LogP contribution in [-0.2, 0) is 6.54 Å². The Kier molecular flexibility index (Phi) is 9.23. The van der Waals surface area contributed by atoms with Gasteiger partial charge >= 0.3 is 0 Å². The van der Waals surface area contributed by atoms with Gasteiger partial charge in [-0.2, -0.15) is 0 Å². The Bertz CT molecular complexity index is 609. The van der Waals surface area contributed by atoms with Crippen molar-refractivity contribution in [2.45, 2.75) is 39.2 Å². The largest absolute Gasteiger partial charge is 0.493 e. The standard InChI is InChI=1S/C21H33N3OS/c1-16(23-3)21(26-4)18-7-8-19(15-22-2)20(14-18)25-13-5-6-17-9-11-24-12-10-17/h7-8,14,17,22,24H,3,5-6,9-13,15H2,1-2,4H3/b21-16-. The van der Waals surface area contributed by atoms with Crippen molar-refractivity contribution >= 4 is 23.4 Å². The van der Waals surface area contributed by atoms with E-state index in [0.29, 0.717) is 0 Å². The zero-order chi connectivity index (χ0) is 18.8. The van der Waals surface area contributed by atoms with Crippen LogP contribution in [-0.4, -0.2) is 39.7 Å². The zero-order valence-electron chi connectivity index (χ0n) is 16.4. The molecule has 1 saturated heterocycles. The van der Waals surface area contributed by atoms with Gasteiger partial charge in [-0.05, 0) is 83.3 Å². The van der Waals surface area contributed by atoms with Crippen LogP contribution in [0, 0.1) is 5.92 Å². The number of benzene rings is 1. The molecule has 4 nitrogen and oxygen atoms in total. The molecule has 0 amide bonds. The number of aliphatic imine (C=N–C) groups is 1. The van der Waals surface area contributed by atoms with E-state index in [2.05, 4.69) is 46.8 Å². The van der Waals surface area contributed by atoms with Crippen LogP contribution in [0.4, 0.5) is 0 Å². The highest BCUT2D eigenvalue weighted by Gasteiger charge is 2.13. The average molecular weight is 376 g/mol. The van der Waals surface area contributed by atoms with Crippen LogP contribution in [0.2, 0.25) is 0 Å². The molecule has 0 aliphatic carbocycles. The highest BCUT2D eigenvalue weighted by molar-refractivity contribution is 8.07. The molecule has 0 spiro atoms. The Morgan fingerprint density at radius 3 is 2.81 bits per heavy atom. The minimum atomic E-state index is 0.779. The first-order valence-corrected chi connectivity index (χ1v) is 10.7. The fourth-order valence-corrected chi connectivity index (χ4v) is 4.16. The van der Waals surface area contributed by atoms with Crippen molar-refractivity contribution in [1.29, 1.82) is 0 Å². The van der Waals surface area contributed by atoms with Gasteiger partial charge in [0, 0.05) is 17.0 Å². The van der Waals surface area contributed by atoms with Crippen LogP contribution in [0.1, 0.15) is 43.7 Å². The highest BCUT2D eigenvalue weighted by Crippen LogP contribution is 2.33. The van der Waals surface area contributed by atoms with E-state index >= 15 is 0 Å². The van der Waals surface area contributed by atoms with E-state index in [-0.39, 0.29) is 0 Å². The van der Waals surface area contributed by atoms with E-state index in [1.165, 1.54) is 37.9 Å². The van der Waals surface area contributed by atoms with Crippen molar-refractivity contribution in [3.8, 4) is 5.75 Å². The first-order valence-electron chi connectivity index (χ1n) is 9.52. The average Bonchev–Trinajstić information content (AvgIpc) is 2.68. The molecule has 0 bridgehead atoms. The molecule has 1 aromatic carbocycles. The molecule has 1 aliphatic rings. The van der Waals surface area contributed by atoms with Crippen molar-refractivity contribution < 1.29 is 4.74 Å². The van der Waals surface area contributed by atoms with Crippen LogP contribution >= 0.6 is 11.8 Å². The van der Waals surface area contributed by atoms with E-state index in [1.54, 1.807) is 11.8 Å². The predicted molar refractivity (Wildman–Crippen MR) is 115 cm³/mol. The Hall–Kier alpha value is -1.30. The molecule has 144 valence electrons. The van der Waals surface area contributed by atoms with Crippen LogP contribution in [0.15, 0.2) is 28.9 Å². The van der Waals surface area contributed by atoms with Gasteiger partial charge in [0.25, 0.3) is 0 Å². The molecule has 1 aromatic rings. The number of allylic oxidation sites excluding steroid dienone is 1. The first-order chi connectivity index (χ1) is 12.7. The van der Waals surface area contributed by atoms with Crippen molar-refractivity contribution in [2.24, 2.45) is 10.9 Å². The Labute approximate surface area is 162 Å². The van der Waals surface area contributed by atoms with Gasteiger partial charge in [0.2, 0.25) is 0 Å². The molecular formula is C21H33N3OS. The molecule has 0 saturated carbocycles. The summed E-state index contributed by atoms with van der Waals surface area (Å²) in [6, 6.07) is 6.45. The van der Waals surface area contributed by atoms with Crippen LogP contribution in [0.5, 0.6) is 5.75 Å². The summed E-state index contributed by atoms with van der Waals surface area (Å²) in [5.74, 6) is 1.83. The quantitative estimate of drug-likeness (QED) is 0.472. The van der Waals surface area contributed by atoms with Crippen LogP contribution in [0.25, 0.3) is 4.91 Å². The minimum absolute atomic E-state index is 0.779. The lowest BCUT2D eigenvalue weighted by atomic mass is 9.93. The summed E-state index contributed by atoms with van der Waals surface area (Å²) in [5.41, 5.74) is 3.30. The molecule has 1 heterocycles. The summed E-state index contributed by atoms with van der Waals surface area (Å²) in [6.07, 6.45) is 7.06. The molecule has 2 N–H and O–H groups in total. The van der Waals surface area contributed by atoms with Gasteiger partial charge in [0.15, 0.2) is 0 Å². The lowest BCUT2D eigenvalue weighted by Crippen LogP contribution is -2.27. The maximum absolute atomic E-state index is 6.20. The first kappa shape index (κ1) is 21.0. The topological polar surface area (TPSA) is 45.7 Å². The van der Waals surface area contributed by atoms with Gasteiger partial charge in [0.05, 0.1) is 12.3 Å². The number of rotatable bonds is 10. The third kappa shape index (κ3) is 6.15. The third-order valence-corrected chi connectivity index (χ3v) is 5.88. The van der Waals surface area contributed by atoms with Gasteiger partial charge in [-0.25, -0.2) is 0 Å². The van der Waals surface area contributed by atoms with E-state index in [9.17, 15) is 0 Å². The maximum Gasteiger partial charge on any atom is 0.124 e. The second kappa shape index (κ2) is 11.4. The van der Waals surface area contributed by atoms with Gasteiger partial charge in [0.1, 0.15) is 5.75 Å². The molecule has 2 rings (SSSR count). The number of hydrogen-bond acceptors (Lipinski definition) is 5. The van der Waals surface area contributed by atoms with Crippen LogP contribution < -0.4 is 15.4 Å². The SMILES string of the molecule is C=N/C(C)=C(\SC)c1ccc(CNC)c(OCCCC2CCNCC2)c1. The van der Waals surface area contributed by atoms with E-state index in [1.807, 2.05) is 14.0 Å². The number of thioether (sulfide) groups is 1. The van der Waals surface area contributed by atoms with Crippen molar-refractivity contribution in [2.75, 3.05) is 33.0 Å². The van der Waals surface area contributed by atoms with E-state index < -0.39 is 0 Å². The normalized spacial score (nSPS) is 16.3. The fourth-order valence-electron chi connectivity index (χ4n) is 3.44. The lowest BCUT2D eigenvalue weighted by Gasteiger charge is -2.22. The van der Waals surface area contributed by atoms with E-state index in [0.717, 1.165) is 47.4 Å². The number of nitrogens with zero attached hydrogens (tertiary/aromatic N) is 1. The molecule has 0 unspecified atom stereocenters. The van der Waals surface area contributed by atoms with Gasteiger partial charge < -0.3 is 15.4 Å². The van der Waals surface area contributed by atoms with Crippen molar-refractivity contribution in [3.63, 3.8) is 0 Å². The summed E-state index contributed by atoms with van der Waals surface area (Å²) in [7, 11) is 1.97. The molecule has 1 fully saturated rings. The number of hydrogen-bond donors (Lipinski definition) is 2. The Balaban J connectivity index is 2.03. The Morgan fingerprint density at radius 1 is 1.38 bits per heavy atom. The number of piperidine rings is 1. The smallest absolute Gasteiger partial charge is 0.124 e. The Morgan fingerprint density at radius 2 is 2.15 bits per heavy atom. The van der Waals surface area contributed by atoms with Gasteiger partial charge in [-0.1, -0.05) is 12.1 Å². The third-order valence-electron chi connectivity index (χ3n) is 4.94. The second-order valence-corrected chi connectivity index (χ2v) is 7.63. The monoisotopic (exact) mass is 375 g/mol. The summed E-state index contributed by atoms with van der Waals surface area (Å²) in [5, 5.41) is 6.66. The van der Waals surface area contributed by atoms with E-state index in [4.69, 9.17) is 4.74 Å². The highest BCUT2D eigenvalue weighted by atomic mass is 32.2. The molecule has 0 aromatic heterocycles. The minimum Gasteiger partial charge on any atom is -0.493 e. The van der Waals surface area contributed by atoms with Crippen molar-refractivity contribution in [3.05, 3.63) is 35.0 Å². The lowest BCUT2D eigenvalue weighted by molar-refractivity contribution is 0.271. The van der Waals surface area contributed by atoms with Gasteiger partial charge in [-0.15, -0.1) is 11.8 Å². The van der Waals surface area contributed by atoms with Crippen molar-refractivity contribution in [1.82, 2.24) is 10.6 Å². The number of ether oxygens (including phenoxy) is 1. The summed E-state index contributed by atoms with van der Waals surface area (Å²) < 4.78 is 6.20. The molecule has 5 heteroatoms. The molecule has 1 aliphatic heterocycles. The predicted octanol–water partition coefficient (Wildman–Crippen LogP) is 4.32. The second-order valence-electron chi connectivity index (χ2n) is 6.81. The van der Waals surface area contributed by atoms with Crippen LogP contribution in [0.3, 0.4) is 0 Å². The maximum atomic E-state index is 6.20. The summed E-state index contributed by atoms with van der Waals surface area (Å²) >= 11 is 1.70. The number of nitrogens with one attached hydrogen (secondary N) is 2. The molecule has 0 atom stereocenters. The molecule has 26 heavy (non-hydrogen) atoms. The zero-order valence-corrected chi connectivity index (χ0v) is 17.3. The molecular weight excluding hydrogens is 342 g/mol. The summed E-state index contributed by atoms with van der Waals surface area (Å²) in [6.45, 7) is 9.58. The fraction of sp³-hybridized carbons (Fsp3) is 0.571. The summed E-state index contributed by atoms with van der Waals surface area (Å²) in [4.78, 5) is 5.25. The van der Waals surface area contributed by atoms with Gasteiger partial charge in [-0.3, -0.25) is 4.99 Å².